The first-order valence-electron chi connectivity index (χ1n) is 11.4. The lowest BCUT2D eigenvalue weighted by Gasteiger charge is -2.33. The van der Waals surface area contributed by atoms with Gasteiger partial charge in [-0.3, -0.25) is 14.4 Å². The fourth-order valence-electron chi connectivity index (χ4n) is 5.02. The first-order chi connectivity index (χ1) is 15.1. The fourth-order valence-corrected chi connectivity index (χ4v) is 5.02. The molecule has 2 aromatic carbocycles. The Morgan fingerprint density at radius 1 is 1.10 bits per heavy atom. The van der Waals surface area contributed by atoms with Gasteiger partial charge in [-0.1, -0.05) is 36.4 Å². The molecule has 1 aliphatic heterocycles. The second-order valence-corrected chi connectivity index (χ2v) is 8.66. The Hall–Kier alpha value is -2.50. The van der Waals surface area contributed by atoms with E-state index < -0.39 is 0 Å². The molecule has 1 aliphatic carbocycles. The van der Waals surface area contributed by atoms with Crippen molar-refractivity contribution in [2.45, 2.75) is 44.4 Å². The van der Waals surface area contributed by atoms with Gasteiger partial charge in [0.1, 0.15) is 0 Å². The number of hydroxylamine groups is 2. The minimum atomic E-state index is -0.152. The highest BCUT2D eigenvalue weighted by Crippen LogP contribution is 2.30. The summed E-state index contributed by atoms with van der Waals surface area (Å²) in [6, 6.07) is 14.4. The highest BCUT2D eigenvalue weighted by Gasteiger charge is 2.26. The van der Waals surface area contributed by atoms with Crippen LogP contribution in [0, 0.1) is 0 Å². The summed E-state index contributed by atoms with van der Waals surface area (Å²) in [5.74, 6) is 0.679. The van der Waals surface area contributed by atoms with Crippen LogP contribution in [0.2, 0.25) is 0 Å². The zero-order valence-electron chi connectivity index (χ0n) is 18.6. The van der Waals surface area contributed by atoms with Crippen molar-refractivity contribution in [2.75, 3.05) is 33.8 Å². The van der Waals surface area contributed by atoms with E-state index in [9.17, 15) is 9.59 Å². The number of hydrogen-bond acceptors (Lipinski definition) is 4. The van der Waals surface area contributed by atoms with Crippen LogP contribution in [0.25, 0.3) is 0 Å². The molecule has 0 N–H and O–H groups in total. The maximum Gasteiger partial charge on any atom is 0.277 e. The third kappa shape index (κ3) is 4.73. The summed E-state index contributed by atoms with van der Waals surface area (Å²) in [7, 11) is 3.13. The van der Waals surface area contributed by atoms with Crippen LogP contribution in [0.4, 0.5) is 0 Å². The van der Waals surface area contributed by atoms with Crippen LogP contribution in [0.1, 0.15) is 69.0 Å². The third-order valence-corrected chi connectivity index (χ3v) is 6.89. The molecule has 5 heteroatoms. The van der Waals surface area contributed by atoms with Crippen LogP contribution in [0.15, 0.2) is 42.5 Å². The second-order valence-electron chi connectivity index (χ2n) is 8.66. The maximum absolute atomic E-state index is 12.9. The van der Waals surface area contributed by atoms with Crippen molar-refractivity contribution in [3.05, 3.63) is 70.3 Å². The van der Waals surface area contributed by atoms with E-state index in [0.717, 1.165) is 68.4 Å². The van der Waals surface area contributed by atoms with Crippen LogP contribution in [0.5, 0.6) is 0 Å². The van der Waals surface area contributed by atoms with Crippen molar-refractivity contribution < 1.29 is 14.4 Å². The zero-order valence-corrected chi connectivity index (χ0v) is 18.6. The topological polar surface area (TPSA) is 49.9 Å². The summed E-state index contributed by atoms with van der Waals surface area (Å²) in [6.07, 6.45) is 5.43. The fraction of sp³-hybridized carbons (Fsp3) is 0.462. The number of rotatable bonds is 6. The lowest BCUT2D eigenvalue weighted by atomic mass is 9.83. The van der Waals surface area contributed by atoms with Gasteiger partial charge in [0.2, 0.25) is 0 Å². The van der Waals surface area contributed by atoms with Gasteiger partial charge in [-0.2, -0.15) is 0 Å². The normalized spacial score (nSPS) is 17.4. The Balaban J connectivity index is 1.49. The summed E-state index contributed by atoms with van der Waals surface area (Å²) in [6.45, 7) is 3.03. The van der Waals surface area contributed by atoms with Gasteiger partial charge in [0.25, 0.3) is 5.91 Å². The standard InChI is InChI=1S/C26H32N2O3/c1-27(31-2)26(30)24-12-11-23-21(9-6-10-25(23)29)22(24)15-18-28-16-13-20(14-17-28)19-7-4-3-5-8-19/h3-5,7-8,11-12,20H,6,9-10,13-18H2,1-2H3. The van der Waals surface area contributed by atoms with Gasteiger partial charge in [0.15, 0.2) is 5.78 Å². The average Bonchev–Trinajstić information content (AvgIpc) is 2.82. The van der Waals surface area contributed by atoms with Gasteiger partial charge in [0, 0.05) is 31.1 Å². The van der Waals surface area contributed by atoms with Gasteiger partial charge in [-0.05, 0) is 73.9 Å². The lowest BCUT2D eigenvalue weighted by molar-refractivity contribution is -0.0757. The molecule has 1 heterocycles. The number of nitrogens with zero attached hydrogens (tertiary/aromatic N) is 2. The number of hydrogen-bond donors (Lipinski definition) is 0. The molecule has 1 fully saturated rings. The van der Waals surface area contributed by atoms with Crippen molar-refractivity contribution in [1.82, 2.24) is 9.96 Å². The molecule has 0 radical (unpaired) electrons. The Kier molecular flexibility index (Phi) is 6.83. The zero-order chi connectivity index (χ0) is 21.8. The molecule has 4 rings (SSSR count). The average molecular weight is 421 g/mol. The number of Topliss-reactive ketones (excluding diaryl/α,β-unsaturated/α-hetero) is 1. The molecule has 0 atom stereocenters. The molecular formula is C26H32N2O3. The van der Waals surface area contributed by atoms with Crippen molar-refractivity contribution in [1.29, 1.82) is 0 Å². The van der Waals surface area contributed by atoms with E-state index >= 15 is 0 Å². The van der Waals surface area contributed by atoms with Crippen LogP contribution in [0.3, 0.4) is 0 Å². The largest absolute Gasteiger partial charge is 0.303 e. The highest BCUT2D eigenvalue weighted by molar-refractivity contribution is 6.02. The van der Waals surface area contributed by atoms with E-state index in [1.54, 1.807) is 7.05 Å². The SMILES string of the molecule is CON(C)C(=O)c1ccc2c(c1CCN1CCC(c3ccccc3)CC1)CCCC2=O. The molecular weight excluding hydrogens is 388 g/mol. The van der Waals surface area contributed by atoms with Crippen molar-refractivity contribution in [3.8, 4) is 0 Å². The molecule has 0 bridgehead atoms. The summed E-state index contributed by atoms with van der Waals surface area (Å²) < 4.78 is 0. The molecule has 0 spiro atoms. The van der Waals surface area contributed by atoms with E-state index in [0.29, 0.717) is 17.9 Å². The second kappa shape index (κ2) is 9.75. The number of likely N-dealkylation sites (tertiary alicyclic amines) is 1. The van der Waals surface area contributed by atoms with E-state index in [-0.39, 0.29) is 11.7 Å². The quantitative estimate of drug-likeness (QED) is 0.655. The van der Waals surface area contributed by atoms with Gasteiger partial charge in [-0.25, -0.2) is 5.06 Å². The summed E-state index contributed by atoms with van der Waals surface area (Å²) >= 11 is 0. The smallest absolute Gasteiger partial charge is 0.277 e. The van der Waals surface area contributed by atoms with Gasteiger partial charge in [-0.15, -0.1) is 0 Å². The predicted octanol–water partition coefficient (Wildman–Crippen LogP) is 4.26. The molecule has 31 heavy (non-hydrogen) atoms. The number of fused-ring (bicyclic) bond motifs is 1. The molecule has 1 saturated heterocycles. The van der Waals surface area contributed by atoms with E-state index in [1.807, 2.05) is 12.1 Å². The van der Waals surface area contributed by atoms with Crippen LogP contribution in [-0.2, 0) is 17.7 Å². The van der Waals surface area contributed by atoms with E-state index in [2.05, 4.69) is 35.2 Å². The van der Waals surface area contributed by atoms with E-state index in [4.69, 9.17) is 4.84 Å². The molecule has 2 aromatic rings. The molecule has 2 aliphatic rings. The molecule has 0 aromatic heterocycles. The third-order valence-electron chi connectivity index (χ3n) is 6.89. The minimum Gasteiger partial charge on any atom is -0.303 e. The number of benzene rings is 2. The highest BCUT2D eigenvalue weighted by atomic mass is 16.7. The Morgan fingerprint density at radius 2 is 1.84 bits per heavy atom. The Labute approximate surface area is 184 Å². The number of piperidine rings is 1. The number of carbonyl (C=O) groups is 2. The predicted molar refractivity (Wildman–Crippen MR) is 121 cm³/mol. The first-order valence-corrected chi connectivity index (χ1v) is 11.4. The molecule has 164 valence electrons. The number of ketones is 1. The van der Waals surface area contributed by atoms with Gasteiger partial charge < -0.3 is 4.90 Å². The van der Waals surface area contributed by atoms with Crippen molar-refractivity contribution >= 4 is 11.7 Å². The summed E-state index contributed by atoms with van der Waals surface area (Å²) in [4.78, 5) is 33.0. The first kappa shape index (κ1) is 21.7. The van der Waals surface area contributed by atoms with Crippen LogP contribution >= 0.6 is 0 Å². The summed E-state index contributed by atoms with van der Waals surface area (Å²) in [5, 5.41) is 1.27. The van der Waals surface area contributed by atoms with Crippen LogP contribution in [-0.4, -0.2) is 55.4 Å². The minimum absolute atomic E-state index is 0.152. The molecule has 0 saturated carbocycles. The maximum atomic E-state index is 12.9. The van der Waals surface area contributed by atoms with Crippen LogP contribution < -0.4 is 0 Å². The Morgan fingerprint density at radius 3 is 2.55 bits per heavy atom. The summed E-state index contributed by atoms with van der Waals surface area (Å²) in [5.41, 5.74) is 5.02. The molecule has 5 nitrogen and oxygen atoms in total. The molecule has 1 amide bonds. The number of amides is 1. The van der Waals surface area contributed by atoms with Gasteiger partial charge >= 0.3 is 0 Å². The number of carbonyl (C=O) groups excluding carboxylic acids is 2. The van der Waals surface area contributed by atoms with Crippen molar-refractivity contribution in [2.24, 2.45) is 0 Å². The lowest BCUT2D eigenvalue weighted by Crippen LogP contribution is -2.35. The molecule has 0 unspecified atom stereocenters. The van der Waals surface area contributed by atoms with Crippen molar-refractivity contribution in [3.63, 3.8) is 0 Å². The Bertz CT molecular complexity index is 933. The monoisotopic (exact) mass is 420 g/mol. The van der Waals surface area contributed by atoms with E-state index in [1.165, 1.54) is 17.7 Å². The van der Waals surface area contributed by atoms with Gasteiger partial charge in [0.05, 0.1) is 7.11 Å².